The van der Waals surface area contributed by atoms with E-state index in [0.717, 1.165) is 29.3 Å². The average molecular weight is 334 g/mol. The maximum absolute atomic E-state index is 12.3. The van der Waals surface area contributed by atoms with Gasteiger partial charge in [-0.3, -0.25) is 4.79 Å². The van der Waals surface area contributed by atoms with Gasteiger partial charge < -0.3 is 10.2 Å². The van der Waals surface area contributed by atoms with Crippen molar-refractivity contribution in [1.82, 2.24) is 10.2 Å². The molecule has 2 fully saturated rings. The number of halogens is 1. The third-order valence-corrected chi connectivity index (χ3v) is 5.28. The highest BCUT2D eigenvalue weighted by atomic mass is 79.9. The van der Waals surface area contributed by atoms with Crippen molar-refractivity contribution in [1.29, 1.82) is 5.26 Å². The third-order valence-electron chi connectivity index (χ3n) is 4.39. The maximum Gasteiger partial charge on any atom is 0.251 e. The molecule has 1 aromatic rings. The summed E-state index contributed by atoms with van der Waals surface area (Å²) in [4.78, 5) is 14.2. The van der Waals surface area contributed by atoms with E-state index in [2.05, 4.69) is 27.4 Å². The summed E-state index contributed by atoms with van der Waals surface area (Å²) < 4.78 is 1.00. The Balaban J connectivity index is 1.71. The van der Waals surface area contributed by atoms with Crippen LogP contribution in [-0.2, 0) is 0 Å². The summed E-state index contributed by atoms with van der Waals surface area (Å²) in [5.74, 6) is -0.0453. The predicted molar refractivity (Wildman–Crippen MR) is 79.0 cm³/mol. The second kappa shape index (κ2) is 5.10. The van der Waals surface area contributed by atoms with E-state index in [1.807, 2.05) is 30.0 Å². The third kappa shape index (κ3) is 2.18. The normalized spacial score (nSPS) is 27.4. The van der Waals surface area contributed by atoms with Gasteiger partial charge >= 0.3 is 0 Å². The van der Waals surface area contributed by atoms with Gasteiger partial charge in [-0.1, -0.05) is 15.9 Å². The molecule has 2 bridgehead atoms. The molecule has 0 aromatic heterocycles. The second-order valence-electron chi connectivity index (χ2n) is 5.59. The number of hydrogen-bond acceptors (Lipinski definition) is 3. The van der Waals surface area contributed by atoms with Crippen molar-refractivity contribution in [3.05, 3.63) is 33.8 Å². The molecule has 0 radical (unpaired) electrons. The van der Waals surface area contributed by atoms with Gasteiger partial charge in [0.25, 0.3) is 5.91 Å². The minimum atomic E-state index is -0.0453. The fourth-order valence-corrected chi connectivity index (χ4v) is 3.58. The summed E-state index contributed by atoms with van der Waals surface area (Å²) in [5, 5.41) is 12.2. The minimum Gasteiger partial charge on any atom is -0.347 e. The standard InChI is InChI=1S/C15H16BrN3O/c1-9-6-10(2-4-12(9)16)15(20)18-13-7-11-3-5-14(13)19(11)8-17/h2,4,6,11,13-14H,3,5,7H2,1H3,(H,18,20)/t11-,13+,14+/m0/s1. The van der Waals surface area contributed by atoms with Crippen LogP contribution in [0.1, 0.15) is 35.2 Å². The zero-order chi connectivity index (χ0) is 14.3. The molecule has 1 N–H and O–H groups in total. The molecule has 3 rings (SSSR count). The fourth-order valence-electron chi connectivity index (χ4n) is 3.34. The van der Waals surface area contributed by atoms with Gasteiger partial charge in [-0.15, -0.1) is 0 Å². The van der Waals surface area contributed by atoms with Gasteiger partial charge in [0.1, 0.15) is 0 Å². The van der Waals surface area contributed by atoms with Crippen LogP contribution in [0.5, 0.6) is 0 Å². The van der Waals surface area contributed by atoms with E-state index in [4.69, 9.17) is 5.26 Å². The molecule has 2 aliphatic rings. The Bertz CT molecular complexity index is 595. The van der Waals surface area contributed by atoms with Crippen LogP contribution >= 0.6 is 15.9 Å². The highest BCUT2D eigenvalue weighted by molar-refractivity contribution is 9.10. The SMILES string of the molecule is Cc1cc(C(=O)N[C@@H]2C[C@@H]3CC[C@H]2N3C#N)ccc1Br. The van der Waals surface area contributed by atoms with Gasteiger partial charge in [0.2, 0.25) is 0 Å². The summed E-state index contributed by atoms with van der Waals surface area (Å²) in [7, 11) is 0. The van der Waals surface area contributed by atoms with E-state index >= 15 is 0 Å². The highest BCUT2D eigenvalue weighted by Gasteiger charge is 2.46. The first-order valence-corrected chi connectivity index (χ1v) is 7.64. The first-order chi connectivity index (χ1) is 9.60. The Morgan fingerprint density at radius 2 is 2.30 bits per heavy atom. The summed E-state index contributed by atoms with van der Waals surface area (Å²) >= 11 is 3.44. The zero-order valence-electron chi connectivity index (χ0n) is 11.3. The lowest BCUT2D eigenvalue weighted by molar-refractivity contribution is 0.0928. The van der Waals surface area contributed by atoms with Crippen LogP contribution in [0, 0.1) is 18.4 Å². The molecule has 2 aliphatic heterocycles. The highest BCUT2D eigenvalue weighted by Crippen LogP contribution is 2.37. The number of rotatable bonds is 2. The number of amides is 1. The largest absolute Gasteiger partial charge is 0.347 e. The summed E-state index contributed by atoms with van der Waals surface area (Å²) in [6, 6.07) is 6.21. The zero-order valence-corrected chi connectivity index (χ0v) is 12.9. The first kappa shape index (κ1) is 13.4. The molecule has 20 heavy (non-hydrogen) atoms. The van der Waals surface area contributed by atoms with Crippen molar-refractivity contribution < 1.29 is 4.79 Å². The van der Waals surface area contributed by atoms with Crippen molar-refractivity contribution in [2.45, 2.75) is 44.3 Å². The van der Waals surface area contributed by atoms with E-state index in [9.17, 15) is 4.79 Å². The Morgan fingerprint density at radius 1 is 1.50 bits per heavy atom. The number of benzene rings is 1. The lowest BCUT2D eigenvalue weighted by Gasteiger charge is -2.22. The van der Waals surface area contributed by atoms with E-state index in [-0.39, 0.29) is 18.0 Å². The summed E-state index contributed by atoms with van der Waals surface area (Å²) in [6.45, 7) is 1.97. The van der Waals surface area contributed by atoms with E-state index in [1.165, 1.54) is 0 Å². The molecular weight excluding hydrogens is 318 g/mol. The lowest BCUT2D eigenvalue weighted by Crippen LogP contribution is -2.43. The molecule has 2 heterocycles. The topological polar surface area (TPSA) is 56.1 Å². The number of nitrogens with zero attached hydrogens (tertiary/aromatic N) is 2. The molecule has 0 aliphatic carbocycles. The van der Waals surface area contributed by atoms with Crippen molar-refractivity contribution in [2.24, 2.45) is 0 Å². The number of aryl methyl sites for hydroxylation is 1. The molecular formula is C15H16BrN3O. The van der Waals surface area contributed by atoms with Crippen molar-refractivity contribution >= 4 is 21.8 Å². The van der Waals surface area contributed by atoms with Gasteiger partial charge in [-0.25, -0.2) is 0 Å². The molecule has 1 aromatic carbocycles. The number of carbonyl (C=O) groups excluding carboxylic acids is 1. The molecule has 104 valence electrons. The van der Waals surface area contributed by atoms with Crippen LogP contribution < -0.4 is 5.32 Å². The number of fused-ring (bicyclic) bond motifs is 2. The van der Waals surface area contributed by atoms with Gasteiger partial charge in [-0.05, 0) is 49.9 Å². The number of carbonyl (C=O) groups is 1. The van der Waals surface area contributed by atoms with Crippen LogP contribution in [0.4, 0.5) is 0 Å². The van der Waals surface area contributed by atoms with E-state index in [1.54, 1.807) is 0 Å². The van der Waals surface area contributed by atoms with Gasteiger partial charge in [-0.2, -0.15) is 5.26 Å². The summed E-state index contributed by atoms with van der Waals surface area (Å²) in [6.07, 6.45) is 5.22. The van der Waals surface area contributed by atoms with Crippen LogP contribution in [-0.4, -0.2) is 28.9 Å². The molecule has 4 nitrogen and oxygen atoms in total. The number of hydrogen-bond donors (Lipinski definition) is 1. The molecule has 0 saturated carbocycles. The van der Waals surface area contributed by atoms with Crippen LogP contribution in [0.3, 0.4) is 0 Å². The van der Waals surface area contributed by atoms with Gasteiger partial charge in [0, 0.05) is 16.1 Å². The molecule has 1 amide bonds. The van der Waals surface area contributed by atoms with Crippen molar-refractivity contribution in [3.8, 4) is 6.19 Å². The molecule has 3 atom stereocenters. The molecule has 5 heteroatoms. The Hall–Kier alpha value is -1.54. The smallest absolute Gasteiger partial charge is 0.251 e. The number of nitriles is 1. The van der Waals surface area contributed by atoms with Crippen molar-refractivity contribution in [3.63, 3.8) is 0 Å². The Labute approximate surface area is 126 Å². The van der Waals surface area contributed by atoms with Gasteiger partial charge in [0.15, 0.2) is 6.19 Å². The second-order valence-corrected chi connectivity index (χ2v) is 6.44. The summed E-state index contributed by atoms with van der Waals surface area (Å²) in [5.41, 5.74) is 1.72. The van der Waals surface area contributed by atoms with Crippen LogP contribution in [0.15, 0.2) is 22.7 Å². The van der Waals surface area contributed by atoms with Crippen LogP contribution in [0.25, 0.3) is 0 Å². The van der Waals surface area contributed by atoms with Crippen LogP contribution in [0.2, 0.25) is 0 Å². The minimum absolute atomic E-state index is 0.0453. The average Bonchev–Trinajstić information content (AvgIpc) is 2.98. The van der Waals surface area contributed by atoms with E-state index < -0.39 is 0 Å². The fraction of sp³-hybridized carbons (Fsp3) is 0.467. The Kier molecular flexibility index (Phi) is 3.43. The molecule has 2 saturated heterocycles. The van der Waals surface area contributed by atoms with E-state index in [0.29, 0.717) is 11.6 Å². The lowest BCUT2D eigenvalue weighted by atomic mass is 9.95. The quantitative estimate of drug-likeness (QED) is 0.846. The number of nitrogens with one attached hydrogen (secondary N) is 1. The predicted octanol–water partition coefficient (Wildman–Crippen LogP) is 2.57. The molecule has 0 spiro atoms. The van der Waals surface area contributed by atoms with Gasteiger partial charge in [0.05, 0.1) is 12.1 Å². The maximum atomic E-state index is 12.3. The van der Waals surface area contributed by atoms with Crippen molar-refractivity contribution in [2.75, 3.05) is 0 Å². The Morgan fingerprint density at radius 3 is 2.95 bits per heavy atom. The monoisotopic (exact) mass is 333 g/mol. The first-order valence-electron chi connectivity index (χ1n) is 6.85. The molecule has 0 unspecified atom stereocenters.